The monoisotopic (exact) mass is 209 g/mol. The van der Waals surface area contributed by atoms with Crippen molar-refractivity contribution in [3.63, 3.8) is 0 Å². The van der Waals surface area contributed by atoms with Crippen molar-refractivity contribution in [2.45, 2.75) is 19.8 Å². The van der Waals surface area contributed by atoms with E-state index in [1.165, 1.54) is 18.2 Å². The van der Waals surface area contributed by atoms with Crippen molar-refractivity contribution in [3.05, 3.63) is 23.8 Å². The largest absolute Gasteiger partial charge is 0.507 e. The Morgan fingerprint density at radius 3 is 2.47 bits per heavy atom. The summed E-state index contributed by atoms with van der Waals surface area (Å²) in [6, 6.07) is 4.22. The molecule has 0 bridgehead atoms. The standard InChI is InChI=1S/C11H15NO3/c1-2-3-7-12-11(15)10-8(13)5-4-6-9(10)14/h4-6,13-14H,2-3,7H2,1H3,(H,12,15). The molecule has 1 aromatic rings. The first-order valence-corrected chi connectivity index (χ1v) is 4.96. The van der Waals surface area contributed by atoms with Gasteiger partial charge in [-0.05, 0) is 18.6 Å². The van der Waals surface area contributed by atoms with E-state index >= 15 is 0 Å². The summed E-state index contributed by atoms with van der Waals surface area (Å²) in [6.45, 7) is 2.56. The van der Waals surface area contributed by atoms with Gasteiger partial charge in [0.2, 0.25) is 0 Å². The molecule has 0 saturated carbocycles. The third kappa shape index (κ3) is 2.87. The molecule has 0 unspecified atom stereocenters. The van der Waals surface area contributed by atoms with Gasteiger partial charge in [0, 0.05) is 6.54 Å². The Kier molecular flexibility index (Phi) is 3.97. The van der Waals surface area contributed by atoms with Crippen molar-refractivity contribution >= 4 is 5.91 Å². The number of carbonyl (C=O) groups is 1. The van der Waals surface area contributed by atoms with Gasteiger partial charge in [-0.1, -0.05) is 19.4 Å². The molecule has 0 aliphatic carbocycles. The van der Waals surface area contributed by atoms with Crippen molar-refractivity contribution in [3.8, 4) is 11.5 Å². The maximum absolute atomic E-state index is 11.5. The molecule has 0 aliphatic rings. The summed E-state index contributed by atoms with van der Waals surface area (Å²) in [4.78, 5) is 11.5. The number of aromatic hydroxyl groups is 2. The Hall–Kier alpha value is -1.71. The molecule has 0 aliphatic heterocycles. The molecule has 1 rings (SSSR count). The first-order valence-electron chi connectivity index (χ1n) is 4.96. The number of phenols is 2. The van der Waals surface area contributed by atoms with E-state index < -0.39 is 5.91 Å². The predicted molar refractivity (Wildman–Crippen MR) is 57.0 cm³/mol. The fourth-order valence-corrected chi connectivity index (χ4v) is 1.23. The third-order valence-electron chi connectivity index (χ3n) is 2.06. The molecule has 0 atom stereocenters. The topological polar surface area (TPSA) is 69.6 Å². The SMILES string of the molecule is CCCCNC(=O)c1c(O)cccc1O. The van der Waals surface area contributed by atoms with Crippen molar-refractivity contribution in [2.24, 2.45) is 0 Å². The second kappa shape index (κ2) is 5.24. The highest BCUT2D eigenvalue weighted by atomic mass is 16.3. The molecule has 82 valence electrons. The summed E-state index contributed by atoms with van der Waals surface area (Å²) in [5.41, 5.74) is -0.0615. The predicted octanol–water partition coefficient (Wildman–Crippen LogP) is 1.63. The van der Waals surface area contributed by atoms with E-state index in [1.54, 1.807) is 0 Å². The average molecular weight is 209 g/mol. The Morgan fingerprint density at radius 1 is 1.33 bits per heavy atom. The summed E-state index contributed by atoms with van der Waals surface area (Å²) < 4.78 is 0. The highest BCUT2D eigenvalue weighted by molar-refractivity contribution is 5.99. The minimum atomic E-state index is -0.445. The van der Waals surface area contributed by atoms with Gasteiger partial charge in [-0.15, -0.1) is 0 Å². The fourth-order valence-electron chi connectivity index (χ4n) is 1.23. The molecule has 4 heteroatoms. The summed E-state index contributed by atoms with van der Waals surface area (Å²) in [6.07, 6.45) is 1.85. The van der Waals surface area contributed by atoms with E-state index in [9.17, 15) is 15.0 Å². The van der Waals surface area contributed by atoms with Crippen LogP contribution in [0.2, 0.25) is 0 Å². The Labute approximate surface area is 88.6 Å². The number of carbonyl (C=O) groups excluding carboxylic acids is 1. The van der Waals surface area contributed by atoms with E-state index in [-0.39, 0.29) is 17.1 Å². The van der Waals surface area contributed by atoms with Crippen LogP contribution < -0.4 is 5.32 Å². The van der Waals surface area contributed by atoms with Crippen LogP contribution in [0.4, 0.5) is 0 Å². The molecule has 0 fully saturated rings. The van der Waals surface area contributed by atoms with Crippen LogP contribution in [0.3, 0.4) is 0 Å². The van der Waals surface area contributed by atoms with Crippen molar-refractivity contribution in [1.82, 2.24) is 5.32 Å². The first kappa shape index (κ1) is 11.4. The van der Waals surface area contributed by atoms with Gasteiger partial charge < -0.3 is 15.5 Å². The smallest absolute Gasteiger partial charge is 0.258 e. The van der Waals surface area contributed by atoms with Crippen molar-refractivity contribution in [1.29, 1.82) is 0 Å². The molecule has 0 radical (unpaired) electrons. The molecule has 15 heavy (non-hydrogen) atoms. The highest BCUT2D eigenvalue weighted by Crippen LogP contribution is 2.25. The molecule has 3 N–H and O–H groups in total. The average Bonchev–Trinajstić information content (AvgIpc) is 2.18. The minimum absolute atomic E-state index is 0.0615. The molecule has 0 aromatic heterocycles. The van der Waals surface area contributed by atoms with Gasteiger partial charge in [-0.2, -0.15) is 0 Å². The number of benzene rings is 1. The summed E-state index contributed by atoms with van der Waals surface area (Å²) in [5, 5.41) is 21.4. The molecule has 0 heterocycles. The van der Waals surface area contributed by atoms with Gasteiger partial charge in [0.05, 0.1) is 0 Å². The lowest BCUT2D eigenvalue weighted by atomic mass is 10.1. The van der Waals surface area contributed by atoms with E-state index in [1.807, 2.05) is 6.92 Å². The van der Waals surface area contributed by atoms with Gasteiger partial charge in [0.1, 0.15) is 17.1 Å². The second-order valence-electron chi connectivity index (χ2n) is 3.28. The van der Waals surface area contributed by atoms with Crippen LogP contribution in [0.25, 0.3) is 0 Å². The lowest BCUT2D eigenvalue weighted by molar-refractivity contribution is 0.0947. The maximum Gasteiger partial charge on any atom is 0.258 e. The van der Waals surface area contributed by atoms with E-state index in [0.29, 0.717) is 6.54 Å². The van der Waals surface area contributed by atoms with Gasteiger partial charge in [-0.3, -0.25) is 4.79 Å². The highest BCUT2D eigenvalue weighted by Gasteiger charge is 2.14. The van der Waals surface area contributed by atoms with Crippen molar-refractivity contribution in [2.75, 3.05) is 6.54 Å². The number of phenolic OH excluding ortho intramolecular Hbond substituents is 2. The first-order chi connectivity index (χ1) is 7.16. The van der Waals surface area contributed by atoms with Crippen LogP contribution in [0.5, 0.6) is 11.5 Å². The zero-order valence-corrected chi connectivity index (χ0v) is 8.66. The Morgan fingerprint density at radius 2 is 1.93 bits per heavy atom. The van der Waals surface area contributed by atoms with Gasteiger partial charge in [0.15, 0.2) is 0 Å². The van der Waals surface area contributed by atoms with Gasteiger partial charge >= 0.3 is 0 Å². The minimum Gasteiger partial charge on any atom is -0.507 e. The number of hydrogen-bond donors (Lipinski definition) is 3. The quantitative estimate of drug-likeness (QED) is 0.660. The fraction of sp³-hybridized carbons (Fsp3) is 0.364. The molecule has 1 aromatic carbocycles. The number of unbranched alkanes of at least 4 members (excludes halogenated alkanes) is 1. The normalized spacial score (nSPS) is 9.93. The maximum atomic E-state index is 11.5. The van der Waals surface area contributed by atoms with Crippen LogP contribution in [0.15, 0.2) is 18.2 Å². The van der Waals surface area contributed by atoms with Crippen LogP contribution in [-0.2, 0) is 0 Å². The lowest BCUT2D eigenvalue weighted by Crippen LogP contribution is -2.24. The summed E-state index contributed by atoms with van der Waals surface area (Å²) >= 11 is 0. The van der Waals surface area contributed by atoms with Crippen molar-refractivity contribution < 1.29 is 15.0 Å². The lowest BCUT2D eigenvalue weighted by Gasteiger charge is -2.07. The van der Waals surface area contributed by atoms with E-state index in [2.05, 4.69) is 5.32 Å². The molecule has 4 nitrogen and oxygen atoms in total. The second-order valence-corrected chi connectivity index (χ2v) is 3.28. The van der Waals surface area contributed by atoms with Crippen LogP contribution in [0.1, 0.15) is 30.1 Å². The Bertz CT molecular complexity index is 329. The van der Waals surface area contributed by atoms with E-state index in [0.717, 1.165) is 12.8 Å². The molecule has 1 amide bonds. The molecule has 0 spiro atoms. The molecule has 0 saturated heterocycles. The number of hydrogen-bond acceptors (Lipinski definition) is 3. The summed E-state index contributed by atoms with van der Waals surface area (Å²) in [7, 11) is 0. The van der Waals surface area contributed by atoms with E-state index in [4.69, 9.17) is 0 Å². The number of rotatable bonds is 4. The van der Waals surface area contributed by atoms with Crippen LogP contribution in [0, 0.1) is 0 Å². The number of amides is 1. The number of nitrogens with one attached hydrogen (secondary N) is 1. The summed E-state index contributed by atoms with van der Waals surface area (Å²) in [5.74, 6) is -0.855. The zero-order valence-electron chi connectivity index (χ0n) is 8.66. The van der Waals surface area contributed by atoms with Crippen LogP contribution >= 0.6 is 0 Å². The molecular weight excluding hydrogens is 194 g/mol. The Balaban J connectivity index is 2.73. The van der Waals surface area contributed by atoms with Crippen LogP contribution in [-0.4, -0.2) is 22.7 Å². The zero-order chi connectivity index (χ0) is 11.3. The van der Waals surface area contributed by atoms with Gasteiger partial charge in [-0.25, -0.2) is 0 Å². The molecular formula is C11H15NO3. The third-order valence-corrected chi connectivity index (χ3v) is 2.06. The van der Waals surface area contributed by atoms with Gasteiger partial charge in [0.25, 0.3) is 5.91 Å².